The number of nitrogens with one attached hydrogen (secondary N) is 2. The van der Waals surface area contributed by atoms with E-state index in [-0.39, 0.29) is 11.8 Å². The van der Waals surface area contributed by atoms with Crippen LogP contribution < -0.4 is 20.5 Å². The van der Waals surface area contributed by atoms with Crippen molar-refractivity contribution in [1.82, 2.24) is 15.5 Å². The predicted molar refractivity (Wildman–Crippen MR) is 181 cm³/mol. The number of amides is 1. The van der Waals surface area contributed by atoms with E-state index in [1.54, 1.807) is 13.8 Å². The zero-order valence-corrected chi connectivity index (χ0v) is 30.7. The maximum absolute atomic E-state index is 12.3. The number of primary amides is 1. The number of aromatic amines is 1. The average Bonchev–Trinajstić information content (AvgIpc) is 3.41. The van der Waals surface area contributed by atoms with E-state index in [2.05, 4.69) is 15.5 Å². The van der Waals surface area contributed by atoms with Crippen LogP contribution in [0.3, 0.4) is 0 Å². The SMILES string of the molecule is CC(=O)OC[C@H]1O[C@@H](Oc2n[nH]c(C(C)C)c2Cc2ccc(OCCCNC(C)(C)C(N)=O)cc2C)[C@H](OC(C)=O)[C@@H](OC(C)=O)[C@@H]1OC(C)=O. The number of aromatic nitrogens is 2. The van der Waals surface area contributed by atoms with Gasteiger partial charge in [-0.2, -0.15) is 0 Å². The zero-order chi connectivity index (χ0) is 38.0. The first-order valence-corrected chi connectivity index (χ1v) is 16.7. The van der Waals surface area contributed by atoms with Gasteiger partial charge in [0.05, 0.1) is 12.1 Å². The quantitative estimate of drug-likeness (QED) is 0.122. The molecule has 1 aromatic heterocycles. The summed E-state index contributed by atoms with van der Waals surface area (Å²) in [5.74, 6) is -2.50. The molecule has 51 heavy (non-hydrogen) atoms. The van der Waals surface area contributed by atoms with Crippen LogP contribution in [0, 0.1) is 6.92 Å². The Kier molecular flexibility index (Phi) is 14.4. The van der Waals surface area contributed by atoms with Crippen molar-refractivity contribution in [2.24, 2.45) is 5.73 Å². The van der Waals surface area contributed by atoms with Gasteiger partial charge < -0.3 is 44.2 Å². The van der Waals surface area contributed by atoms with Gasteiger partial charge in [0.2, 0.25) is 24.2 Å². The minimum atomic E-state index is -1.44. The normalized spacial score (nSPS) is 20.3. The molecular formula is C35H50N4O12. The number of carbonyl (C=O) groups excluding carboxylic acids is 5. The number of H-pyrrole nitrogens is 1. The number of nitrogens with zero attached hydrogens (tertiary/aromatic N) is 1. The van der Waals surface area contributed by atoms with Crippen LogP contribution in [0.1, 0.15) is 90.1 Å². The van der Waals surface area contributed by atoms with Crippen molar-refractivity contribution >= 4 is 29.8 Å². The summed E-state index contributed by atoms with van der Waals surface area (Å²) in [4.78, 5) is 59.8. The van der Waals surface area contributed by atoms with E-state index in [0.29, 0.717) is 37.3 Å². The maximum Gasteiger partial charge on any atom is 0.303 e. The number of benzene rings is 1. The Labute approximate surface area is 297 Å². The Morgan fingerprint density at radius 3 is 2.16 bits per heavy atom. The van der Waals surface area contributed by atoms with Crippen molar-refractivity contribution in [3.8, 4) is 11.6 Å². The molecule has 4 N–H and O–H groups in total. The fraction of sp³-hybridized carbons (Fsp3) is 0.600. The maximum atomic E-state index is 12.3. The van der Waals surface area contributed by atoms with Crippen LogP contribution in [0.2, 0.25) is 0 Å². The van der Waals surface area contributed by atoms with Gasteiger partial charge in [0.25, 0.3) is 0 Å². The second kappa shape index (κ2) is 18.0. The number of ether oxygens (including phenoxy) is 7. The van der Waals surface area contributed by atoms with Crippen LogP contribution >= 0.6 is 0 Å². The summed E-state index contributed by atoms with van der Waals surface area (Å²) < 4.78 is 40.1. The topological polar surface area (TPSA) is 217 Å². The molecule has 1 aliphatic heterocycles. The van der Waals surface area contributed by atoms with Gasteiger partial charge in [-0.15, -0.1) is 5.10 Å². The summed E-state index contributed by atoms with van der Waals surface area (Å²) in [5, 5.41) is 10.6. The van der Waals surface area contributed by atoms with Crippen molar-refractivity contribution < 1.29 is 57.1 Å². The minimum Gasteiger partial charge on any atom is -0.494 e. The molecule has 0 bridgehead atoms. The highest BCUT2D eigenvalue weighted by Gasteiger charge is 2.53. The Morgan fingerprint density at radius 2 is 1.59 bits per heavy atom. The van der Waals surface area contributed by atoms with Gasteiger partial charge in [0.15, 0.2) is 12.2 Å². The first-order chi connectivity index (χ1) is 23.9. The Balaban J connectivity index is 1.89. The Morgan fingerprint density at radius 1 is 0.961 bits per heavy atom. The molecule has 3 rings (SSSR count). The molecule has 1 amide bonds. The van der Waals surface area contributed by atoms with E-state index in [1.807, 2.05) is 39.0 Å². The Hall–Kier alpha value is -4.70. The number of aryl methyl sites for hydroxylation is 1. The standard InChI is InChI=1S/C35H50N4O12/c1-18(2)28-26(16-24-11-12-25(15-19(24)3)45-14-10-13-37-35(8,9)34(36)44)32(39-38-28)51-33-31(49-23(7)43)30(48-22(6)42)29(47-21(5)41)27(50-33)17-46-20(4)40/h11-12,15,18,27,29-31,33,37H,10,13-14,16-17H2,1-9H3,(H2,36,44)(H,38,39)/t27-,29-,30+,31-,33+/m1/s1. The van der Waals surface area contributed by atoms with Crippen LogP contribution in [0.15, 0.2) is 18.2 Å². The fourth-order valence-corrected chi connectivity index (χ4v) is 5.40. The molecule has 0 spiro atoms. The lowest BCUT2D eigenvalue weighted by Crippen LogP contribution is -2.63. The van der Waals surface area contributed by atoms with Gasteiger partial charge in [-0.3, -0.25) is 29.1 Å². The second-order valence-electron chi connectivity index (χ2n) is 13.1. The molecule has 282 valence electrons. The summed E-state index contributed by atoms with van der Waals surface area (Å²) in [6, 6.07) is 5.72. The lowest BCUT2D eigenvalue weighted by molar-refractivity contribution is -0.289. The molecule has 1 aromatic carbocycles. The summed E-state index contributed by atoms with van der Waals surface area (Å²) in [6.45, 7) is 14.6. The number of hydrogen-bond acceptors (Lipinski definition) is 14. The molecule has 2 heterocycles. The molecule has 0 radical (unpaired) electrons. The molecule has 16 nitrogen and oxygen atoms in total. The summed E-state index contributed by atoms with van der Waals surface area (Å²) in [5.41, 5.74) is 7.96. The van der Waals surface area contributed by atoms with Crippen molar-refractivity contribution in [3.05, 3.63) is 40.6 Å². The first kappa shape index (κ1) is 40.7. The third-order valence-electron chi connectivity index (χ3n) is 8.07. The molecule has 0 saturated carbocycles. The van der Waals surface area contributed by atoms with Crippen molar-refractivity contribution in [2.45, 2.75) is 117 Å². The predicted octanol–water partition coefficient (Wildman–Crippen LogP) is 2.52. The summed E-state index contributed by atoms with van der Waals surface area (Å²) in [6.07, 6.45) is -5.69. The molecule has 2 aromatic rings. The van der Waals surface area contributed by atoms with E-state index in [4.69, 9.17) is 38.9 Å². The highest BCUT2D eigenvalue weighted by atomic mass is 16.7. The van der Waals surface area contributed by atoms with E-state index in [1.165, 1.54) is 6.92 Å². The van der Waals surface area contributed by atoms with Gasteiger partial charge >= 0.3 is 23.9 Å². The first-order valence-electron chi connectivity index (χ1n) is 16.7. The van der Waals surface area contributed by atoms with Crippen LogP contribution in [-0.4, -0.2) is 96.0 Å². The number of rotatable bonds is 17. The third-order valence-corrected chi connectivity index (χ3v) is 8.07. The van der Waals surface area contributed by atoms with Gasteiger partial charge in [-0.25, -0.2) is 0 Å². The molecule has 0 aliphatic carbocycles. The molecule has 16 heteroatoms. The summed E-state index contributed by atoms with van der Waals surface area (Å²) in [7, 11) is 0. The monoisotopic (exact) mass is 718 g/mol. The number of carbonyl (C=O) groups is 5. The smallest absolute Gasteiger partial charge is 0.303 e. The van der Waals surface area contributed by atoms with E-state index in [9.17, 15) is 24.0 Å². The van der Waals surface area contributed by atoms with Crippen LogP contribution in [0.5, 0.6) is 11.6 Å². The van der Waals surface area contributed by atoms with Gasteiger partial charge in [-0.1, -0.05) is 19.9 Å². The zero-order valence-electron chi connectivity index (χ0n) is 30.7. The van der Waals surface area contributed by atoms with E-state index < -0.39 is 72.6 Å². The molecule has 1 aliphatic rings. The highest BCUT2D eigenvalue weighted by molar-refractivity contribution is 5.83. The van der Waals surface area contributed by atoms with Crippen molar-refractivity contribution in [1.29, 1.82) is 0 Å². The lowest BCUT2D eigenvalue weighted by atomic mass is 9.96. The average molecular weight is 719 g/mol. The molecular weight excluding hydrogens is 668 g/mol. The van der Waals surface area contributed by atoms with Crippen LogP contribution in [0.4, 0.5) is 0 Å². The van der Waals surface area contributed by atoms with Gasteiger partial charge in [0.1, 0.15) is 18.5 Å². The van der Waals surface area contributed by atoms with Gasteiger partial charge in [-0.05, 0) is 62.9 Å². The number of esters is 4. The number of hydrogen-bond donors (Lipinski definition) is 3. The van der Waals surface area contributed by atoms with Gasteiger partial charge in [0, 0.05) is 45.4 Å². The highest BCUT2D eigenvalue weighted by Crippen LogP contribution is 2.34. The second-order valence-corrected chi connectivity index (χ2v) is 13.1. The lowest BCUT2D eigenvalue weighted by Gasteiger charge is -2.43. The molecule has 1 saturated heterocycles. The Bertz CT molecular complexity index is 1550. The van der Waals surface area contributed by atoms with Crippen LogP contribution in [-0.2, 0) is 54.1 Å². The molecule has 1 fully saturated rings. The largest absolute Gasteiger partial charge is 0.494 e. The van der Waals surface area contributed by atoms with Crippen molar-refractivity contribution in [3.63, 3.8) is 0 Å². The summed E-state index contributed by atoms with van der Waals surface area (Å²) >= 11 is 0. The molecule has 0 unspecified atom stereocenters. The minimum absolute atomic E-state index is 0.00342. The van der Waals surface area contributed by atoms with E-state index in [0.717, 1.165) is 37.6 Å². The van der Waals surface area contributed by atoms with Crippen LogP contribution in [0.25, 0.3) is 0 Å². The fourth-order valence-electron chi connectivity index (χ4n) is 5.40. The van der Waals surface area contributed by atoms with Crippen molar-refractivity contribution in [2.75, 3.05) is 19.8 Å². The van der Waals surface area contributed by atoms with E-state index >= 15 is 0 Å². The molecule has 5 atom stereocenters. The third kappa shape index (κ3) is 11.7. The number of nitrogens with two attached hydrogens (primary N) is 1.